The van der Waals surface area contributed by atoms with Crippen LogP contribution >= 0.6 is 0 Å². The molecule has 0 radical (unpaired) electrons. The van der Waals surface area contributed by atoms with E-state index in [-0.39, 0.29) is 63.2 Å². The van der Waals surface area contributed by atoms with Crippen molar-refractivity contribution in [2.45, 2.75) is 319 Å². The molecule has 3 fully saturated rings. The molecule has 2 aliphatic heterocycles. The quantitative estimate of drug-likeness (QED) is 0.0325. The third-order valence-electron chi connectivity index (χ3n) is 20.6. The molecule has 1 aliphatic carbocycles. The molecule has 0 aromatic carbocycles. The monoisotopic (exact) mass is 1500 g/mol. The zero-order valence-electron chi connectivity index (χ0n) is 66.7. The molecule has 0 bridgehead atoms. The van der Waals surface area contributed by atoms with Crippen LogP contribution in [0, 0.1) is 53.3 Å². The molecule has 30 heteroatoms. The van der Waals surface area contributed by atoms with Gasteiger partial charge in [0, 0.05) is 13.0 Å². The van der Waals surface area contributed by atoms with Gasteiger partial charge in [0.2, 0.25) is 70.9 Å². The minimum atomic E-state index is -1.81. The van der Waals surface area contributed by atoms with E-state index >= 15 is 9.59 Å². The summed E-state index contributed by atoms with van der Waals surface area (Å²) >= 11 is 0. The van der Waals surface area contributed by atoms with Crippen LogP contribution in [0.25, 0.3) is 0 Å². The first-order valence-electron chi connectivity index (χ1n) is 38.9. The summed E-state index contributed by atoms with van der Waals surface area (Å²) in [7, 11) is 0. The third kappa shape index (κ3) is 28.4. The van der Waals surface area contributed by atoms with Crippen molar-refractivity contribution in [3.8, 4) is 0 Å². The van der Waals surface area contributed by atoms with Crippen LogP contribution in [0.3, 0.4) is 0 Å². The first-order chi connectivity index (χ1) is 49.7. The van der Waals surface area contributed by atoms with E-state index in [1.165, 1.54) is 31.7 Å². The number of aliphatic hydroxyl groups is 1. The summed E-state index contributed by atoms with van der Waals surface area (Å²) in [6.07, 6.45) is 7.09. The van der Waals surface area contributed by atoms with Crippen LogP contribution < -0.4 is 69.5 Å². The molecule has 2 heterocycles. The van der Waals surface area contributed by atoms with Gasteiger partial charge < -0.3 is 84.3 Å². The van der Waals surface area contributed by atoms with Crippen molar-refractivity contribution in [1.29, 1.82) is 0 Å². The van der Waals surface area contributed by atoms with Gasteiger partial charge in [-0.25, -0.2) is 4.79 Å². The molecular weight excluding hydrogens is 1360 g/mol. The van der Waals surface area contributed by atoms with Gasteiger partial charge in [-0.15, -0.1) is 0 Å². The molecular formula is C76H132N14O16. The molecule has 16 atom stereocenters. The fourth-order valence-corrected chi connectivity index (χ4v) is 13.2. The molecule has 3 rings (SSSR count). The summed E-state index contributed by atoms with van der Waals surface area (Å²) in [6.45, 7) is 32.0. The van der Waals surface area contributed by atoms with Gasteiger partial charge in [0.1, 0.15) is 84.3 Å². The van der Waals surface area contributed by atoms with Gasteiger partial charge in [0.05, 0.1) is 6.10 Å². The number of cyclic esters (lactones) is 1. The normalized spacial score (nSPS) is 23.6. The maximum absolute atomic E-state index is 15.1. The summed E-state index contributed by atoms with van der Waals surface area (Å²) in [6, 6.07) is -16.1. The summed E-state index contributed by atoms with van der Waals surface area (Å²) < 4.78 is 5.98. The van der Waals surface area contributed by atoms with E-state index in [9.17, 15) is 62.6 Å². The lowest BCUT2D eigenvalue weighted by atomic mass is 9.85. The molecule has 0 unspecified atom stereocenters. The van der Waals surface area contributed by atoms with E-state index in [4.69, 9.17) is 10.5 Å². The number of carbonyl (C=O) groups excluding carboxylic acids is 14. The summed E-state index contributed by atoms with van der Waals surface area (Å²) in [5, 5.41) is 43.5. The minimum absolute atomic E-state index is 0.0452. The highest BCUT2D eigenvalue weighted by Crippen LogP contribution is 2.29. The average Bonchev–Trinajstić information content (AvgIpc) is 1.16. The highest BCUT2D eigenvalue weighted by Gasteiger charge is 2.45. The van der Waals surface area contributed by atoms with E-state index in [0.29, 0.717) is 37.5 Å². The van der Waals surface area contributed by atoms with E-state index in [1.807, 2.05) is 13.8 Å². The maximum atomic E-state index is 15.1. The number of nitrogens with two attached hydrogens (primary N) is 1. The standard InChI is InChI=1S/C76H132N14O16/c1-20-45(16)60(72(101)89-63-48(19)106-76(105)59(44(14)15)85-64(93)50(22-3)78-65(94)52(36-35-49-30-24-23-25-31-49)80-68(97)56(41(8)9)82-71(100)61(46(17)21-2)87-74(63)103)86-66(95)51(32-27-37-77)79-67(96)53-33-28-38-90(53)75(104)58(43(12)13)84-70(99)57(42(10)11)83-73(102)62(47(18)91)88-69(98)55(40(6)7)81-54(92)34-26-29-39(4)5/h22,39-49,51-53,55-63,91H,20-21,23-38,77H2,1-19H3,(H,78,94)(H,79,96)(H,80,97)(H,81,92)(H,82,100)(H,83,102)(H,84,99)(H,85,93)(H,86,95)(H,87,103)(H,88,98)(H,89,101)/b50-22-/t45-,46-,47+,48+,51-,52-,53+,55+,56+,57-,58+,59-,60+,61+,62-,63+/m0/s1. The Bertz CT molecular complexity index is 3010. The zero-order valence-corrected chi connectivity index (χ0v) is 66.7. The second-order valence-corrected chi connectivity index (χ2v) is 31.6. The minimum Gasteiger partial charge on any atom is -0.458 e. The summed E-state index contributed by atoms with van der Waals surface area (Å²) in [5.41, 5.74) is 5.74. The van der Waals surface area contributed by atoms with Crippen molar-refractivity contribution < 1.29 is 77.0 Å². The second-order valence-electron chi connectivity index (χ2n) is 31.6. The van der Waals surface area contributed by atoms with Crippen LogP contribution in [0.1, 0.15) is 234 Å². The number of aliphatic hydroxyl groups excluding tert-OH is 1. The highest BCUT2D eigenvalue weighted by molar-refractivity contribution is 6.03. The van der Waals surface area contributed by atoms with Gasteiger partial charge in [0.15, 0.2) is 0 Å². The topological polar surface area (TPSA) is 442 Å². The molecule has 30 nitrogen and oxygen atoms in total. The summed E-state index contributed by atoms with van der Waals surface area (Å²) in [5.74, 6) is -14.4. The number of nitrogens with one attached hydrogen (secondary N) is 12. The van der Waals surface area contributed by atoms with Gasteiger partial charge >= 0.3 is 5.97 Å². The Hall–Kier alpha value is -7.76. The first kappa shape index (κ1) is 92.4. The Labute approximate surface area is 628 Å². The lowest BCUT2D eigenvalue weighted by Gasteiger charge is -2.34. The predicted octanol–water partition coefficient (Wildman–Crippen LogP) is 2.95. The SMILES string of the molecule is C/C=C1\NC(=O)[C@H](CCC2CCCCC2)NC(=O)[C@@H](C(C)C)NC(=O)[C@@H]([C@@H](C)CC)NC(=O)[C@H](NC(=O)[C@H](NC(=O)[C@H](CCCN)NC(=O)[C@H]2CCCN2C(=O)[C@H](NC(=O)[C@@H](NC(=O)[C@@H](NC(=O)[C@H](NC(=O)CCCC(C)C)C(C)C)[C@@H](C)O)C(C)C)C(C)C)[C@@H](C)CC)[C@@H](C)OC(=O)[C@H](C(C)C)NC1=O. The molecule has 602 valence electrons. The Morgan fingerprint density at radius 3 is 1.66 bits per heavy atom. The number of allylic oxidation sites excluding steroid dienone is 1. The van der Waals surface area contributed by atoms with Gasteiger partial charge in [0.25, 0.3) is 5.91 Å². The Balaban J connectivity index is 1.99. The van der Waals surface area contributed by atoms with E-state index in [0.717, 1.165) is 38.5 Å². The first-order valence-corrected chi connectivity index (χ1v) is 38.9. The average molecular weight is 1500 g/mol. The zero-order chi connectivity index (χ0) is 80.1. The molecule has 15 N–H and O–H groups in total. The fourth-order valence-electron chi connectivity index (χ4n) is 13.2. The van der Waals surface area contributed by atoms with Crippen LogP contribution in [0.15, 0.2) is 11.8 Å². The number of amides is 13. The molecule has 106 heavy (non-hydrogen) atoms. The van der Waals surface area contributed by atoms with Crippen LogP contribution in [0.5, 0.6) is 0 Å². The molecule has 1 saturated carbocycles. The van der Waals surface area contributed by atoms with Crippen molar-refractivity contribution in [3.05, 3.63) is 11.8 Å². The second kappa shape index (κ2) is 45.1. The third-order valence-corrected chi connectivity index (χ3v) is 20.6. The maximum Gasteiger partial charge on any atom is 0.329 e. The van der Waals surface area contributed by atoms with Crippen molar-refractivity contribution >= 4 is 82.8 Å². The number of ether oxygens (including phenoxy) is 1. The molecule has 0 spiro atoms. The highest BCUT2D eigenvalue weighted by atomic mass is 16.5. The van der Waals surface area contributed by atoms with Gasteiger partial charge in [-0.3, -0.25) is 62.3 Å². The number of carbonyl (C=O) groups is 14. The Morgan fingerprint density at radius 1 is 0.575 bits per heavy atom. The van der Waals surface area contributed by atoms with Crippen molar-refractivity contribution in [3.63, 3.8) is 0 Å². The van der Waals surface area contributed by atoms with Crippen LogP contribution in [-0.4, -0.2) is 191 Å². The van der Waals surface area contributed by atoms with Gasteiger partial charge in [-0.2, -0.15) is 0 Å². The molecule has 0 aromatic rings. The van der Waals surface area contributed by atoms with E-state index < -0.39 is 203 Å². The number of nitrogens with zero attached hydrogens (tertiary/aromatic N) is 1. The molecule has 2 saturated heterocycles. The predicted molar refractivity (Wildman–Crippen MR) is 401 cm³/mol. The van der Waals surface area contributed by atoms with Crippen molar-refractivity contribution in [2.24, 2.45) is 59.0 Å². The van der Waals surface area contributed by atoms with Crippen molar-refractivity contribution in [2.75, 3.05) is 13.1 Å². The lowest BCUT2D eigenvalue weighted by molar-refractivity contribution is -0.157. The number of esters is 1. The number of likely N-dealkylation sites (tertiary alicyclic amines) is 1. The van der Waals surface area contributed by atoms with Crippen LogP contribution in [0.4, 0.5) is 0 Å². The Morgan fingerprint density at radius 2 is 1.12 bits per heavy atom. The molecule has 13 amide bonds. The number of hydrogen-bond donors (Lipinski definition) is 14. The fraction of sp³-hybridized carbons (Fsp3) is 0.789. The van der Waals surface area contributed by atoms with Crippen LogP contribution in [-0.2, 0) is 71.9 Å². The molecule has 3 aliphatic rings. The Kier molecular flexibility index (Phi) is 39.4. The van der Waals surface area contributed by atoms with E-state index in [1.54, 1.807) is 96.9 Å². The number of rotatable bonds is 34. The van der Waals surface area contributed by atoms with E-state index in [2.05, 4.69) is 63.8 Å². The largest absolute Gasteiger partial charge is 0.458 e. The van der Waals surface area contributed by atoms with Crippen LogP contribution in [0.2, 0.25) is 0 Å². The number of hydrogen-bond acceptors (Lipinski definition) is 17. The summed E-state index contributed by atoms with van der Waals surface area (Å²) in [4.78, 5) is 202. The molecule has 0 aromatic heterocycles. The lowest BCUT2D eigenvalue weighted by Crippen LogP contribution is -2.64. The van der Waals surface area contributed by atoms with Crippen molar-refractivity contribution in [1.82, 2.24) is 68.7 Å². The smallest absolute Gasteiger partial charge is 0.329 e. The van der Waals surface area contributed by atoms with Gasteiger partial charge in [-0.05, 0) is 126 Å². The van der Waals surface area contributed by atoms with Gasteiger partial charge in [-0.1, -0.05) is 168 Å².